The fraction of sp³-hybridized carbons (Fsp3) is 0.375. The van der Waals surface area contributed by atoms with Crippen LogP contribution in [-0.4, -0.2) is 28.2 Å². The lowest BCUT2D eigenvalue weighted by Crippen LogP contribution is -2.06. The minimum atomic E-state index is -3.87. The van der Waals surface area contributed by atoms with Gasteiger partial charge >= 0.3 is 0 Å². The summed E-state index contributed by atoms with van der Waals surface area (Å²) in [5.74, 6) is 0.466. The van der Waals surface area contributed by atoms with Crippen molar-refractivity contribution < 1.29 is 8.42 Å². The summed E-state index contributed by atoms with van der Waals surface area (Å²) in [6.07, 6.45) is 1.82. The molecule has 0 saturated heterocycles. The van der Waals surface area contributed by atoms with Crippen molar-refractivity contribution in [3.8, 4) is 11.5 Å². The minimum Gasteiger partial charge on any atom is -0.292 e. The summed E-state index contributed by atoms with van der Waals surface area (Å²) < 4.78 is 24.4. The Kier molecular flexibility index (Phi) is 2.46. The van der Waals surface area contributed by atoms with Crippen LogP contribution in [0.1, 0.15) is 18.9 Å². The molecule has 90 valence electrons. The molecule has 1 aliphatic carbocycles. The third kappa shape index (κ3) is 1.96. The van der Waals surface area contributed by atoms with Crippen molar-refractivity contribution in [3.63, 3.8) is 0 Å². The Morgan fingerprint density at radius 3 is 2.71 bits per heavy atom. The van der Waals surface area contributed by atoms with Gasteiger partial charge in [-0.3, -0.25) is 4.57 Å². The Hall–Kier alpha value is -0.990. The van der Waals surface area contributed by atoms with Crippen LogP contribution in [0.15, 0.2) is 16.0 Å². The van der Waals surface area contributed by atoms with E-state index >= 15 is 0 Å². The first kappa shape index (κ1) is 11.1. The van der Waals surface area contributed by atoms with Gasteiger partial charge in [0.05, 0.1) is 5.51 Å². The molecule has 9 heteroatoms. The molecule has 1 aliphatic rings. The highest BCUT2D eigenvalue weighted by Gasteiger charge is 2.34. The van der Waals surface area contributed by atoms with Crippen LogP contribution in [0.4, 0.5) is 0 Å². The van der Waals surface area contributed by atoms with Crippen molar-refractivity contribution in [2.75, 3.05) is 0 Å². The maximum absolute atomic E-state index is 11.4. The van der Waals surface area contributed by atoms with E-state index in [2.05, 4.69) is 15.2 Å². The molecule has 0 spiro atoms. The zero-order valence-corrected chi connectivity index (χ0v) is 10.8. The first-order valence-corrected chi connectivity index (χ1v) is 8.10. The molecular formula is C8H7ClN4O2S2. The highest BCUT2D eigenvalue weighted by molar-refractivity contribution is 8.13. The standard InChI is InChI=1S/C8H7ClN4O2S2/c9-17(14,15)8-12-11-7(6-3-16-4-10-6)13(8)5-1-2-5/h3-5H,1-2H2. The van der Waals surface area contributed by atoms with Gasteiger partial charge in [-0.15, -0.1) is 21.5 Å². The van der Waals surface area contributed by atoms with Crippen LogP contribution in [0.5, 0.6) is 0 Å². The molecule has 1 saturated carbocycles. The molecule has 17 heavy (non-hydrogen) atoms. The number of rotatable bonds is 3. The molecule has 0 atom stereocenters. The van der Waals surface area contributed by atoms with E-state index in [4.69, 9.17) is 10.7 Å². The highest BCUT2D eigenvalue weighted by Crippen LogP contribution is 2.40. The molecule has 0 amide bonds. The highest BCUT2D eigenvalue weighted by atomic mass is 35.7. The van der Waals surface area contributed by atoms with Gasteiger partial charge in [0, 0.05) is 22.1 Å². The average molecular weight is 291 g/mol. The molecule has 0 bridgehead atoms. The topological polar surface area (TPSA) is 77.7 Å². The third-order valence-corrected chi connectivity index (χ3v) is 4.17. The first-order chi connectivity index (χ1) is 8.07. The molecule has 0 N–H and O–H groups in total. The lowest BCUT2D eigenvalue weighted by atomic mass is 10.4. The van der Waals surface area contributed by atoms with Crippen LogP contribution in [0.2, 0.25) is 0 Å². The van der Waals surface area contributed by atoms with Crippen molar-refractivity contribution in [2.45, 2.75) is 24.0 Å². The predicted octanol–water partition coefficient (Wildman–Crippen LogP) is 1.66. The van der Waals surface area contributed by atoms with Gasteiger partial charge in [-0.25, -0.2) is 13.4 Å². The molecule has 0 radical (unpaired) electrons. The van der Waals surface area contributed by atoms with Gasteiger partial charge in [0.2, 0.25) is 0 Å². The SMILES string of the molecule is O=S(=O)(Cl)c1nnc(-c2cscn2)n1C1CC1. The number of thiazole rings is 1. The van der Waals surface area contributed by atoms with Gasteiger partial charge in [0.25, 0.3) is 14.2 Å². The van der Waals surface area contributed by atoms with Crippen molar-refractivity contribution in [1.29, 1.82) is 0 Å². The summed E-state index contributed by atoms with van der Waals surface area (Å²) in [5, 5.41) is 9.15. The van der Waals surface area contributed by atoms with Crippen LogP contribution in [0, 0.1) is 0 Å². The van der Waals surface area contributed by atoms with Gasteiger partial charge in [-0.05, 0) is 12.8 Å². The average Bonchev–Trinajstić information content (AvgIpc) is 2.81. The molecule has 1 fully saturated rings. The summed E-state index contributed by atoms with van der Waals surface area (Å²) in [6, 6.07) is 0.116. The molecule has 3 rings (SSSR count). The van der Waals surface area contributed by atoms with E-state index in [1.165, 1.54) is 11.3 Å². The van der Waals surface area contributed by atoms with Crippen molar-refractivity contribution in [2.24, 2.45) is 0 Å². The molecule has 0 aromatic carbocycles. The lowest BCUT2D eigenvalue weighted by molar-refractivity contribution is 0.579. The van der Waals surface area contributed by atoms with Crippen LogP contribution in [0.25, 0.3) is 11.5 Å². The Labute approximate surface area is 106 Å². The van der Waals surface area contributed by atoms with Crippen molar-refractivity contribution in [1.82, 2.24) is 19.7 Å². The Balaban J connectivity index is 2.21. The number of hydrogen-bond acceptors (Lipinski definition) is 6. The predicted molar refractivity (Wildman–Crippen MR) is 62.4 cm³/mol. The maximum atomic E-state index is 11.4. The number of halogens is 1. The smallest absolute Gasteiger partial charge is 0.292 e. The van der Waals surface area contributed by atoms with E-state index in [0.29, 0.717) is 11.5 Å². The van der Waals surface area contributed by atoms with Crippen LogP contribution < -0.4 is 0 Å². The maximum Gasteiger partial charge on any atom is 0.296 e. The minimum absolute atomic E-state index is 0.116. The van der Waals surface area contributed by atoms with Gasteiger partial charge in [0.15, 0.2) is 5.82 Å². The van der Waals surface area contributed by atoms with Crippen LogP contribution in [-0.2, 0) is 9.05 Å². The van der Waals surface area contributed by atoms with Crippen molar-refractivity contribution >= 4 is 31.1 Å². The fourth-order valence-electron chi connectivity index (χ4n) is 1.60. The quantitative estimate of drug-likeness (QED) is 0.804. The Morgan fingerprint density at radius 2 is 2.18 bits per heavy atom. The van der Waals surface area contributed by atoms with Crippen molar-refractivity contribution in [3.05, 3.63) is 10.9 Å². The van der Waals surface area contributed by atoms with Gasteiger partial charge in [-0.2, -0.15) is 0 Å². The van der Waals surface area contributed by atoms with E-state index in [1.54, 1.807) is 15.5 Å². The molecule has 2 heterocycles. The Morgan fingerprint density at radius 1 is 1.41 bits per heavy atom. The largest absolute Gasteiger partial charge is 0.296 e. The van der Waals surface area contributed by atoms with Gasteiger partial charge in [0.1, 0.15) is 5.69 Å². The molecule has 2 aromatic rings. The molecule has 0 unspecified atom stereocenters. The van der Waals surface area contributed by atoms with Gasteiger partial charge < -0.3 is 0 Å². The molecule has 0 aliphatic heterocycles. The molecule has 6 nitrogen and oxygen atoms in total. The summed E-state index contributed by atoms with van der Waals surface area (Å²) in [6.45, 7) is 0. The van der Waals surface area contributed by atoms with E-state index in [9.17, 15) is 8.42 Å². The second-order valence-corrected chi connectivity index (χ2v) is 6.90. The first-order valence-electron chi connectivity index (χ1n) is 4.85. The van der Waals surface area contributed by atoms with E-state index in [0.717, 1.165) is 12.8 Å². The summed E-state index contributed by atoms with van der Waals surface area (Å²) in [4.78, 5) is 4.11. The zero-order chi connectivity index (χ0) is 12.0. The van der Waals surface area contributed by atoms with E-state index in [1.807, 2.05) is 0 Å². The zero-order valence-electron chi connectivity index (χ0n) is 8.45. The third-order valence-electron chi connectivity index (χ3n) is 2.46. The number of aromatic nitrogens is 4. The number of hydrogen-bond donors (Lipinski definition) is 0. The van der Waals surface area contributed by atoms with Gasteiger partial charge in [-0.1, -0.05) is 0 Å². The van der Waals surface area contributed by atoms with Crippen LogP contribution >= 0.6 is 22.0 Å². The molecule has 2 aromatic heterocycles. The number of nitrogens with zero attached hydrogens (tertiary/aromatic N) is 4. The van der Waals surface area contributed by atoms with E-state index in [-0.39, 0.29) is 11.2 Å². The second kappa shape index (κ2) is 3.76. The molecular weight excluding hydrogens is 284 g/mol. The van der Waals surface area contributed by atoms with Crippen LogP contribution in [0.3, 0.4) is 0 Å². The summed E-state index contributed by atoms with van der Waals surface area (Å²) in [7, 11) is 1.47. The fourth-order valence-corrected chi connectivity index (χ4v) is 3.06. The second-order valence-electron chi connectivity index (χ2n) is 3.72. The lowest BCUT2D eigenvalue weighted by Gasteiger charge is -2.04. The normalized spacial score (nSPS) is 16.3. The summed E-state index contributed by atoms with van der Waals surface area (Å²) in [5.41, 5.74) is 2.29. The Bertz CT molecular complexity index is 645. The van der Waals surface area contributed by atoms with E-state index < -0.39 is 9.05 Å². The summed E-state index contributed by atoms with van der Waals surface area (Å²) >= 11 is 1.42. The monoisotopic (exact) mass is 290 g/mol.